The minimum Gasteiger partial charge on any atom is -0.361 e. The summed E-state index contributed by atoms with van der Waals surface area (Å²) >= 11 is 0. The highest BCUT2D eigenvalue weighted by Crippen LogP contribution is 2.19. The summed E-state index contributed by atoms with van der Waals surface area (Å²) in [5, 5.41) is 11.3. The molecule has 1 aromatic carbocycles. The molecule has 0 saturated carbocycles. The Balaban J connectivity index is 1.46. The lowest BCUT2D eigenvalue weighted by Crippen LogP contribution is -2.39. The number of aromatic amines is 1. The van der Waals surface area contributed by atoms with Gasteiger partial charge in [0, 0.05) is 43.7 Å². The molecule has 0 aliphatic rings. The van der Waals surface area contributed by atoms with Crippen LogP contribution in [0.25, 0.3) is 10.9 Å². The Bertz CT molecular complexity index is 869. The van der Waals surface area contributed by atoms with Crippen molar-refractivity contribution in [2.45, 2.75) is 19.8 Å². The van der Waals surface area contributed by atoms with E-state index in [2.05, 4.69) is 30.8 Å². The van der Waals surface area contributed by atoms with Crippen LogP contribution in [0, 0.1) is 12.7 Å². The molecule has 0 aliphatic heterocycles. The van der Waals surface area contributed by atoms with Gasteiger partial charge in [0.05, 0.1) is 0 Å². The van der Waals surface area contributed by atoms with Crippen LogP contribution >= 0.6 is 0 Å². The molecule has 0 aliphatic carbocycles. The van der Waals surface area contributed by atoms with Crippen molar-refractivity contribution < 1.29 is 8.91 Å². The van der Waals surface area contributed by atoms with Crippen molar-refractivity contribution in [1.82, 2.24) is 25.8 Å². The number of aryl methyl sites for hydroxylation is 1. The molecule has 3 N–H and O–H groups in total. The van der Waals surface area contributed by atoms with Gasteiger partial charge in [0.1, 0.15) is 5.82 Å². The number of aromatic nitrogens is 3. The van der Waals surface area contributed by atoms with Crippen molar-refractivity contribution in [1.29, 1.82) is 0 Å². The van der Waals surface area contributed by atoms with Gasteiger partial charge in [-0.2, -0.15) is 4.98 Å². The molecule has 0 spiro atoms. The highest BCUT2D eigenvalue weighted by molar-refractivity contribution is 5.83. The first-order valence-electron chi connectivity index (χ1n) is 8.15. The second kappa shape index (κ2) is 7.78. The number of benzene rings is 1. The quantitative estimate of drug-likeness (QED) is 0.470. The van der Waals surface area contributed by atoms with Crippen molar-refractivity contribution in [3.05, 3.63) is 47.5 Å². The van der Waals surface area contributed by atoms with Crippen LogP contribution in [0.1, 0.15) is 17.3 Å². The number of rotatable bonds is 6. The van der Waals surface area contributed by atoms with Crippen molar-refractivity contribution in [3.63, 3.8) is 0 Å². The molecule has 0 unspecified atom stereocenters. The number of fused-ring (bicyclic) bond motifs is 1. The number of guanidine groups is 1. The third-order valence-electron chi connectivity index (χ3n) is 3.84. The highest BCUT2D eigenvalue weighted by Gasteiger charge is 2.06. The molecule has 7 nitrogen and oxygen atoms in total. The van der Waals surface area contributed by atoms with Crippen molar-refractivity contribution in [2.75, 3.05) is 20.1 Å². The fourth-order valence-electron chi connectivity index (χ4n) is 2.63. The van der Waals surface area contributed by atoms with E-state index in [1.165, 1.54) is 12.1 Å². The molecular formula is C17H21FN6O. The molecule has 2 aromatic heterocycles. The molecule has 0 atom stereocenters. The van der Waals surface area contributed by atoms with Gasteiger partial charge < -0.3 is 20.1 Å². The Morgan fingerprint density at radius 3 is 2.80 bits per heavy atom. The van der Waals surface area contributed by atoms with Crippen LogP contribution in [0.4, 0.5) is 4.39 Å². The molecular weight excluding hydrogens is 323 g/mol. The number of nitrogens with one attached hydrogen (secondary N) is 3. The smallest absolute Gasteiger partial charge is 0.228 e. The summed E-state index contributed by atoms with van der Waals surface area (Å²) in [7, 11) is 1.72. The number of aliphatic imine (C=N–C) groups is 1. The van der Waals surface area contributed by atoms with Gasteiger partial charge in [-0.15, -0.1) is 0 Å². The Morgan fingerprint density at radius 2 is 2.08 bits per heavy atom. The van der Waals surface area contributed by atoms with Crippen LogP contribution in [-0.2, 0) is 12.8 Å². The topological polar surface area (TPSA) is 91.1 Å². The third kappa shape index (κ3) is 4.34. The summed E-state index contributed by atoms with van der Waals surface area (Å²) in [6.45, 7) is 3.15. The molecule has 3 aromatic rings. The maximum atomic E-state index is 13.2. The monoisotopic (exact) mass is 344 g/mol. The standard InChI is InChI=1S/C17H21FN6O/c1-11-23-16(25-24-11)6-8-21-17(19-2)20-7-5-12-10-22-15-9-13(18)3-4-14(12)15/h3-4,9-10,22H,5-8H2,1-2H3,(H2,19,20,21). The van der Waals surface area contributed by atoms with E-state index in [1.54, 1.807) is 20.0 Å². The lowest BCUT2D eigenvalue weighted by atomic mass is 10.1. The summed E-state index contributed by atoms with van der Waals surface area (Å²) in [6, 6.07) is 4.79. The van der Waals surface area contributed by atoms with Gasteiger partial charge in [-0.3, -0.25) is 4.99 Å². The summed E-state index contributed by atoms with van der Waals surface area (Å²) < 4.78 is 18.3. The normalized spacial score (nSPS) is 11.9. The van der Waals surface area contributed by atoms with Gasteiger partial charge in [-0.1, -0.05) is 5.16 Å². The van der Waals surface area contributed by atoms with Gasteiger partial charge in [0.25, 0.3) is 0 Å². The zero-order valence-electron chi connectivity index (χ0n) is 14.3. The van der Waals surface area contributed by atoms with Crippen LogP contribution in [0.2, 0.25) is 0 Å². The van der Waals surface area contributed by atoms with Crippen LogP contribution in [0.3, 0.4) is 0 Å². The molecule has 132 valence electrons. The summed E-state index contributed by atoms with van der Waals surface area (Å²) in [5.41, 5.74) is 1.95. The minimum absolute atomic E-state index is 0.236. The predicted molar refractivity (Wildman–Crippen MR) is 94.1 cm³/mol. The van der Waals surface area contributed by atoms with E-state index in [9.17, 15) is 4.39 Å². The third-order valence-corrected chi connectivity index (χ3v) is 3.84. The molecule has 25 heavy (non-hydrogen) atoms. The molecule has 0 fully saturated rings. The van der Waals surface area contributed by atoms with Gasteiger partial charge in [0.15, 0.2) is 11.8 Å². The Kier molecular flexibility index (Phi) is 5.27. The first kappa shape index (κ1) is 16.9. The zero-order valence-corrected chi connectivity index (χ0v) is 14.3. The summed E-state index contributed by atoms with van der Waals surface area (Å²) in [6.07, 6.45) is 3.35. The zero-order chi connectivity index (χ0) is 17.6. The van der Waals surface area contributed by atoms with Gasteiger partial charge in [-0.05, 0) is 37.1 Å². The first-order valence-corrected chi connectivity index (χ1v) is 8.15. The Labute approximate surface area is 144 Å². The maximum absolute atomic E-state index is 13.2. The fraction of sp³-hybridized carbons (Fsp3) is 0.353. The molecule has 0 bridgehead atoms. The SMILES string of the molecule is CN=C(NCCc1nc(C)no1)NCCc1c[nH]c2cc(F)ccc12. The lowest BCUT2D eigenvalue weighted by Gasteiger charge is -2.10. The average molecular weight is 344 g/mol. The number of hydrogen-bond donors (Lipinski definition) is 3. The van der Waals surface area contributed by atoms with Gasteiger partial charge >= 0.3 is 0 Å². The van der Waals surface area contributed by atoms with Crippen LogP contribution in [0.15, 0.2) is 33.9 Å². The van der Waals surface area contributed by atoms with E-state index in [0.29, 0.717) is 37.2 Å². The van der Waals surface area contributed by atoms with Crippen LogP contribution < -0.4 is 10.6 Å². The molecule has 0 radical (unpaired) electrons. The number of nitrogens with zero attached hydrogens (tertiary/aromatic N) is 3. The summed E-state index contributed by atoms with van der Waals surface area (Å²) in [5.74, 6) is 1.71. The molecule has 0 amide bonds. The lowest BCUT2D eigenvalue weighted by molar-refractivity contribution is 0.374. The van der Waals surface area contributed by atoms with Crippen LogP contribution in [0.5, 0.6) is 0 Å². The van der Waals surface area contributed by atoms with Crippen molar-refractivity contribution in [2.24, 2.45) is 4.99 Å². The molecule has 0 saturated heterocycles. The van der Waals surface area contributed by atoms with Crippen molar-refractivity contribution in [3.8, 4) is 0 Å². The van der Waals surface area contributed by atoms with E-state index in [-0.39, 0.29) is 5.82 Å². The van der Waals surface area contributed by atoms with Gasteiger partial charge in [-0.25, -0.2) is 4.39 Å². The molecule has 2 heterocycles. The van der Waals surface area contributed by atoms with E-state index in [1.807, 2.05) is 6.20 Å². The molecule has 3 rings (SSSR count). The highest BCUT2D eigenvalue weighted by atomic mass is 19.1. The number of H-pyrrole nitrogens is 1. The number of hydrogen-bond acceptors (Lipinski definition) is 4. The largest absolute Gasteiger partial charge is 0.361 e. The van der Waals surface area contributed by atoms with Crippen LogP contribution in [-0.4, -0.2) is 41.2 Å². The second-order valence-corrected chi connectivity index (χ2v) is 5.66. The van der Waals surface area contributed by atoms with Crippen molar-refractivity contribution >= 4 is 16.9 Å². The van der Waals surface area contributed by atoms with E-state index in [4.69, 9.17) is 4.52 Å². The van der Waals surface area contributed by atoms with E-state index in [0.717, 1.165) is 22.9 Å². The van der Waals surface area contributed by atoms with Gasteiger partial charge in [0.2, 0.25) is 5.89 Å². The Morgan fingerprint density at radius 1 is 1.28 bits per heavy atom. The molecule has 8 heteroatoms. The maximum Gasteiger partial charge on any atom is 0.228 e. The number of halogens is 1. The first-order chi connectivity index (χ1) is 12.2. The second-order valence-electron chi connectivity index (χ2n) is 5.66. The van der Waals surface area contributed by atoms with E-state index >= 15 is 0 Å². The average Bonchev–Trinajstić information content (AvgIpc) is 3.19. The summed E-state index contributed by atoms with van der Waals surface area (Å²) in [4.78, 5) is 11.4. The van der Waals surface area contributed by atoms with E-state index < -0.39 is 0 Å². The Hall–Kier alpha value is -2.90. The predicted octanol–water partition coefficient (Wildman–Crippen LogP) is 1.95. The fourth-order valence-corrected chi connectivity index (χ4v) is 2.63. The minimum atomic E-state index is -0.236.